The average Bonchev–Trinajstić information content (AvgIpc) is 3.14. The van der Waals surface area contributed by atoms with Gasteiger partial charge in [-0.3, -0.25) is 9.59 Å². The molecular formula is C29H25NO4. The highest BCUT2D eigenvalue weighted by atomic mass is 16.5. The smallest absolute Gasteiger partial charge is 0.338 e. The van der Waals surface area contributed by atoms with Crippen molar-refractivity contribution in [1.82, 2.24) is 0 Å². The maximum atomic E-state index is 13.8. The van der Waals surface area contributed by atoms with Crippen molar-refractivity contribution in [3.8, 4) is 0 Å². The lowest BCUT2D eigenvalue weighted by Crippen LogP contribution is -2.41. The second-order valence-corrected chi connectivity index (χ2v) is 9.32. The summed E-state index contributed by atoms with van der Waals surface area (Å²) >= 11 is 0. The Labute approximate surface area is 198 Å². The Hall–Kier alpha value is -3.73. The predicted octanol–water partition coefficient (Wildman–Crippen LogP) is 5.04. The summed E-state index contributed by atoms with van der Waals surface area (Å²) in [6.45, 7) is 2.38. The molecule has 4 aliphatic rings. The lowest BCUT2D eigenvalue weighted by Gasteiger charge is -2.45. The van der Waals surface area contributed by atoms with Gasteiger partial charge in [-0.05, 0) is 46.9 Å². The molecule has 2 atom stereocenters. The van der Waals surface area contributed by atoms with Gasteiger partial charge in [0, 0.05) is 11.8 Å². The molecule has 2 amide bonds. The van der Waals surface area contributed by atoms with E-state index in [4.69, 9.17) is 4.74 Å². The normalized spacial score (nSPS) is 24.0. The first-order valence-corrected chi connectivity index (χ1v) is 11.9. The van der Waals surface area contributed by atoms with Crippen LogP contribution in [0.5, 0.6) is 0 Å². The van der Waals surface area contributed by atoms with Crippen LogP contribution in [0, 0.1) is 11.8 Å². The lowest BCUT2D eigenvalue weighted by molar-refractivity contribution is -0.122. The maximum absolute atomic E-state index is 13.8. The zero-order valence-electron chi connectivity index (χ0n) is 18.9. The third-order valence-corrected chi connectivity index (χ3v) is 7.52. The Morgan fingerprint density at radius 3 is 1.82 bits per heavy atom. The molecule has 0 saturated carbocycles. The number of imide groups is 1. The molecule has 0 aromatic heterocycles. The number of benzene rings is 3. The molecule has 0 radical (unpaired) electrons. The van der Waals surface area contributed by atoms with Crippen LogP contribution in [0.1, 0.15) is 64.2 Å². The van der Waals surface area contributed by atoms with E-state index in [0.29, 0.717) is 17.9 Å². The van der Waals surface area contributed by atoms with E-state index >= 15 is 0 Å². The van der Waals surface area contributed by atoms with Crippen LogP contribution in [0.2, 0.25) is 0 Å². The fourth-order valence-corrected chi connectivity index (χ4v) is 6.10. The van der Waals surface area contributed by atoms with Gasteiger partial charge in [0.1, 0.15) is 0 Å². The first-order valence-electron chi connectivity index (χ1n) is 11.9. The second-order valence-electron chi connectivity index (χ2n) is 9.32. The molecule has 3 aliphatic carbocycles. The average molecular weight is 452 g/mol. The van der Waals surface area contributed by atoms with Crippen molar-refractivity contribution >= 4 is 23.5 Å². The van der Waals surface area contributed by atoms with Gasteiger partial charge in [0.05, 0.1) is 29.7 Å². The van der Waals surface area contributed by atoms with E-state index in [1.165, 1.54) is 4.90 Å². The summed E-state index contributed by atoms with van der Waals surface area (Å²) in [5, 5.41) is 0. The highest BCUT2D eigenvalue weighted by molar-refractivity contribution is 6.23. The molecule has 1 saturated heterocycles. The summed E-state index contributed by atoms with van der Waals surface area (Å²) in [5.74, 6) is -2.00. The van der Waals surface area contributed by atoms with Crippen molar-refractivity contribution < 1.29 is 19.1 Å². The van der Waals surface area contributed by atoms with Crippen molar-refractivity contribution in [2.45, 2.75) is 31.6 Å². The number of carbonyl (C=O) groups is 3. The third kappa shape index (κ3) is 2.89. The highest BCUT2D eigenvalue weighted by Crippen LogP contribution is 2.61. The van der Waals surface area contributed by atoms with Gasteiger partial charge in [0.2, 0.25) is 11.8 Å². The zero-order valence-corrected chi connectivity index (χ0v) is 18.9. The first-order chi connectivity index (χ1) is 16.6. The summed E-state index contributed by atoms with van der Waals surface area (Å²) in [5.41, 5.74) is 5.35. The van der Waals surface area contributed by atoms with E-state index in [-0.39, 0.29) is 23.7 Å². The topological polar surface area (TPSA) is 63.7 Å². The van der Waals surface area contributed by atoms with Crippen LogP contribution >= 0.6 is 0 Å². The van der Waals surface area contributed by atoms with Gasteiger partial charge in [0.25, 0.3) is 0 Å². The van der Waals surface area contributed by atoms with Gasteiger partial charge >= 0.3 is 5.97 Å². The Kier molecular flexibility index (Phi) is 4.87. The van der Waals surface area contributed by atoms with Crippen molar-refractivity contribution in [1.29, 1.82) is 0 Å². The SMILES string of the molecule is CCCCOC(=O)c1cccc(N2C(=O)[C@@H]3C4c5ccccc5C(c5ccccc54)[C@H]3C2=O)c1. The fraction of sp³-hybridized carbons (Fsp3) is 0.276. The van der Waals surface area contributed by atoms with Crippen molar-refractivity contribution in [2.75, 3.05) is 11.5 Å². The van der Waals surface area contributed by atoms with E-state index < -0.39 is 17.8 Å². The van der Waals surface area contributed by atoms with Crippen molar-refractivity contribution in [2.24, 2.45) is 11.8 Å². The van der Waals surface area contributed by atoms with Gasteiger partial charge in [-0.1, -0.05) is 67.9 Å². The van der Waals surface area contributed by atoms with Crippen molar-refractivity contribution in [3.63, 3.8) is 0 Å². The Morgan fingerprint density at radius 2 is 1.32 bits per heavy atom. The van der Waals surface area contributed by atoms with Crippen LogP contribution in [-0.4, -0.2) is 24.4 Å². The summed E-state index contributed by atoms with van der Waals surface area (Å²) < 4.78 is 5.34. The van der Waals surface area contributed by atoms with Crippen LogP contribution in [0.25, 0.3) is 0 Å². The minimum atomic E-state index is -0.442. The molecule has 5 heteroatoms. The number of rotatable bonds is 5. The summed E-state index contributed by atoms with van der Waals surface area (Å²) in [7, 11) is 0. The molecule has 1 aliphatic heterocycles. The van der Waals surface area contributed by atoms with Crippen LogP contribution in [0.3, 0.4) is 0 Å². The van der Waals surface area contributed by atoms with Gasteiger partial charge < -0.3 is 4.74 Å². The summed E-state index contributed by atoms with van der Waals surface area (Å²) in [6.07, 6.45) is 1.72. The molecule has 7 rings (SSSR count). The lowest BCUT2D eigenvalue weighted by atomic mass is 9.55. The molecular weight excluding hydrogens is 426 g/mol. The van der Waals surface area contributed by atoms with E-state index in [2.05, 4.69) is 24.3 Å². The molecule has 0 unspecified atom stereocenters. The molecule has 1 fully saturated rings. The third-order valence-electron chi connectivity index (χ3n) is 7.52. The number of ether oxygens (including phenoxy) is 1. The second kappa shape index (κ2) is 7.94. The van der Waals surface area contributed by atoms with Crippen molar-refractivity contribution in [3.05, 3.63) is 101 Å². The van der Waals surface area contributed by atoms with E-state index in [0.717, 1.165) is 35.1 Å². The van der Waals surface area contributed by atoms with Crippen LogP contribution in [0.4, 0.5) is 5.69 Å². The van der Waals surface area contributed by atoms with Gasteiger partial charge in [-0.15, -0.1) is 0 Å². The number of nitrogens with zero attached hydrogens (tertiary/aromatic N) is 1. The fourth-order valence-electron chi connectivity index (χ4n) is 6.10. The Morgan fingerprint density at radius 1 is 0.794 bits per heavy atom. The first kappa shape index (κ1) is 20.8. The number of hydrogen-bond acceptors (Lipinski definition) is 4. The van der Waals surface area contributed by atoms with E-state index in [9.17, 15) is 14.4 Å². The number of hydrogen-bond donors (Lipinski definition) is 0. The molecule has 0 spiro atoms. The molecule has 5 nitrogen and oxygen atoms in total. The minimum absolute atomic E-state index is 0.147. The van der Waals surface area contributed by atoms with Crippen LogP contribution in [0.15, 0.2) is 72.8 Å². The van der Waals surface area contributed by atoms with Gasteiger partial charge in [-0.25, -0.2) is 9.69 Å². The number of carbonyl (C=O) groups excluding carboxylic acids is 3. The Balaban J connectivity index is 1.40. The number of amides is 2. The van der Waals surface area contributed by atoms with Gasteiger partial charge in [-0.2, -0.15) is 0 Å². The molecule has 2 bridgehead atoms. The largest absolute Gasteiger partial charge is 0.462 e. The van der Waals surface area contributed by atoms with Gasteiger partial charge in [0.15, 0.2) is 0 Å². The maximum Gasteiger partial charge on any atom is 0.338 e. The minimum Gasteiger partial charge on any atom is -0.462 e. The monoisotopic (exact) mass is 451 g/mol. The molecule has 34 heavy (non-hydrogen) atoms. The quantitative estimate of drug-likeness (QED) is 0.310. The summed E-state index contributed by atoms with van der Waals surface area (Å²) in [4.78, 5) is 41.5. The molecule has 170 valence electrons. The molecule has 3 aromatic rings. The zero-order chi connectivity index (χ0) is 23.4. The number of unbranched alkanes of at least 4 members (excludes halogenated alkanes) is 1. The molecule has 0 N–H and O–H groups in total. The van der Waals surface area contributed by atoms with E-state index in [1.807, 2.05) is 31.2 Å². The highest BCUT2D eigenvalue weighted by Gasteiger charge is 2.61. The van der Waals surface area contributed by atoms with Crippen LogP contribution < -0.4 is 4.90 Å². The number of esters is 1. The molecule has 3 aromatic carbocycles. The predicted molar refractivity (Wildman–Crippen MR) is 128 cm³/mol. The standard InChI is InChI=1S/C29H25NO4/c1-2-3-15-34-29(33)17-9-8-10-18(16-17)30-27(31)25-23-19-11-4-5-12-20(19)24(26(25)28(30)32)22-14-7-6-13-21(22)23/h4-14,16,23-26H,2-3,15H2,1H3/t23?,24?,25-,26-/m1/s1. The van der Waals surface area contributed by atoms with Crippen LogP contribution in [-0.2, 0) is 14.3 Å². The van der Waals surface area contributed by atoms with E-state index in [1.54, 1.807) is 24.3 Å². The molecule has 1 heterocycles. The summed E-state index contributed by atoms with van der Waals surface area (Å²) in [6, 6.07) is 23.1. The number of anilines is 1. The Bertz CT molecular complexity index is 1210.